The molecule has 0 aliphatic carbocycles. The Kier molecular flexibility index (Phi) is 3.42. The van der Waals surface area contributed by atoms with Gasteiger partial charge in [0, 0.05) is 12.6 Å². The van der Waals surface area contributed by atoms with Crippen molar-refractivity contribution in [1.29, 1.82) is 0 Å². The second-order valence-electron chi connectivity index (χ2n) is 3.99. The summed E-state index contributed by atoms with van der Waals surface area (Å²) in [4.78, 5) is 20.2. The minimum absolute atomic E-state index is 0.0956. The van der Waals surface area contributed by atoms with Crippen LogP contribution < -0.4 is 4.90 Å². The average Bonchev–Trinajstić information content (AvgIpc) is 2.75. The molecule has 0 N–H and O–H groups in total. The lowest BCUT2D eigenvalue weighted by Gasteiger charge is -2.24. The van der Waals surface area contributed by atoms with Gasteiger partial charge in [0.2, 0.25) is 11.0 Å². The van der Waals surface area contributed by atoms with Crippen molar-refractivity contribution in [2.24, 2.45) is 0 Å². The third-order valence-corrected chi connectivity index (χ3v) is 3.34. The number of hydrogen-bond donors (Lipinski definition) is 0. The highest BCUT2D eigenvalue weighted by Gasteiger charge is 2.32. The highest BCUT2D eigenvalue weighted by Crippen LogP contribution is 2.35. The number of hydrogen-bond acceptors (Lipinski definition) is 5. The second kappa shape index (κ2) is 4.83. The molecule has 0 bridgehead atoms. The van der Waals surface area contributed by atoms with Gasteiger partial charge in [-0.05, 0) is 19.3 Å². The van der Waals surface area contributed by atoms with Crippen LogP contribution in [0, 0.1) is 10.1 Å². The highest BCUT2D eigenvalue weighted by molar-refractivity contribution is 6.31. The van der Waals surface area contributed by atoms with E-state index in [-0.39, 0.29) is 10.8 Å². The normalized spacial score (nSPS) is 19.6. The van der Waals surface area contributed by atoms with E-state index in [1.807, 2.05) is 4.90 Å². The van der Waals surface area contributed by atoms with Gasteiger partial charge in [-0.2, -0.15) is 0 Å². The predicted octanol–water partition coefficient (Wildman–Crippen LogP) is 2.42. The fraction of sp³-hybridized carbons (Fsp3) is 0.600. The molecule has 2 heterocycles. The number of rotatable bonds is 3. The van der Waals surface area contributed by atoms with Gasteiger partial charge in [0.1, 0.15) is 6.33 Å². The Morgan fingerprint density at radius 3 is 3.06 bits per heavy atom. The van der Waals surface area contributed by atoms with Gasteiger partial charge in [-0.25, -0.2) is 9.97 Å². The van der Waals surface area contributed by atoms with Crippen LogP contribution in [0.3, 0.4) is 0 Å². The molecule has 1 unspecified atom stereocenters. The maximum absolute atomic E-state index is 11.0. The molecule has 1 aliphatic rings. The topological polar surface area (TPSA) is 72.2 Å². The van der Waals surface area contributed by atoms with E-state index < -0.39 is 4.92 Å². The van der Waals surface area contributed by atoms with E-state index in [4.69, 9.17) is 11.6 Å². The van der Waals surface area contributed by atoms with Gasteiger partial charge < -0.3 is 4.90 Å². The second-order valence-corrected chi connectivity index (χ2v) is 4.35. The third-order valence-electron chi connectivity index (χ3n) is 3.06. The molecule has 7 heteroatoms. The molecule has 0 amide bonds. The molecule has 17 heavy (non-hydrogen) atoms. The minimum Gasteiger partial charge on any atom is -0.348 e. The molecule has 0 saturated carbocycles. The molecule has 0 aromatic carbocycles. The van der Waals surface area contributed by atoms with Crippen LogP contribution in [0.15, 0.2) is 6.33 Å². The van der Waals surface area contributed by atoms with E-state index in [9.17, 15) is 10.1 Å². The molecule has 0 radical (unpaired) electrons. The number of nitrogens with zero attached hydrogens (tertiary/aromatic N) is 4. The van der Waals surface area contributed by atoms with Gasteiger partial charge in [0.25, 0.3) is 0 Å². The molecule has 0 spiro atoms. The zero-order valence-electron chi connectivity index (χ0n) is 9.47. The molecule has 1 atom stereocenters. The Morgan fingerprint density at radius 1 is 1.65 bits per heavy atom. The van der Waals surface area contributed by atoms with Gasteiger partial charge in [0.05, 0.1) is 4.92 Å². The Hall–Kier alpha value is -1.43. The average molecular weight is 257 g/mol. The monoisotopic (exact) mass is 256 g/mol. The first-order valence-corrected chi connectivity index (χ1v) is 5.94. The van der Waals surface area contributed by atoms with Crippen molar-refractivity contribution in [3.63, 3.8) is 0 Å². The van der Waals surface area contributed by atoms with Crippen LogP contribution in [0.25, 0.3) is 0 Å². The molecule has 1 fully saturated rings. The van der Waals surface area contributed by atoms with Crippen LogP contribution >= 0.6 is 11.6 Å². The van der Waals surface area contributed by atoms with E-state index in [0.717, 1.165) is 25.8 Å². The van der Waals surface area contributed by atoms with Crippen molar-refractivity contribution in [3.8, 4) is 0 Å². The summed E-state index contributed by atoms with van der Waals surface area (Å²) in [6.07, 6.45) is 4.28. The van der Waals surface area contributed by atoms with Crippen molar-refractivity contribution in [3.05, 3.63) is 21.6 Å². The van der Waals surface area contributed by atoms with Crippen LogP contribution in [-0.2, 0) is 0 Å². The van der Waals surface area contributed by atoms with Crippen molar-refractivity contribution < 1.29 is 4.92 Å². The first-order valence-electron chi connectivity index (χ1n) is 5.56. The lowest BCUT2D eigenvalue weighted by molar-refractivity contribution is -0.384. The first kappa shape index (κ1) is 12.0. The van der Waals surface area contributed by atoms with Gasteiger partial charge in [0.15, 0.2) is 0 Å². The SMILES string of the molecule is CCC1CCCN1c1ncnc(Cl)c1[N+](=O)[O-]. The third kappa shape index (κ3) is 2.17. The zero-order valence-corrected chi connectivity index (χ0v) is 10.2. The molecule has 92 valence electrons. The van der Waals surface area contributed by atoms with Crippen molar-refractivity contribution >= 4 is 23.1 Å². The Bertz CT molecular complexity index is 440. The van der Waals surface area contributed by atoms with E-state index >= 15 is 0 Å². The minimum atomic E-state index is -0.511. The van der Waals surface area contributed by atoms with Crippen LogP contribution in [0.4, 0.5) is 11.5 Å². The molecule has 1 saturated heterocycles. The van der Waals surface area contributed by atoms with Crippen LogP contribution in [0.5, 0.6) is 0 Å². The smallest absolute Gasteiger partial charge is 0.348 e. The Balaban J connectivity index is 2.44. The first-order chi connectivity index (χ1) is 8.15. The van der Waals surface area contributed by atoms with Gasteiger partial charge >= 0.3 is 5.69 Å². The quantitative estimate of drug-likeness (QED) is 0.472. The standard InChI is InChI=1S/C10H13ClN4O2/c1-2-7-4-3-5-14(7)10-8(15(16)17)9(11)12-6-13-10/h6-7H,2-5H2,1H3. The predicted molar refractivity (Wildman–Crippen MR) is 64.4 cm³/mol. The van der Waals surface area contributed by atoms with E-state index in [1.54, 1.807) is 0 Å². The van der Waals surface area contributed by atoms with Crippen molar-refractivity contribution in [2.45, 2.75) is 32.2 Å². The summed E-state index contributed by atoms with van der Waals surface area (Å²) in [7, 11) is 0. The summed E-state index contributed by atoms with van der Waals surface area (Å²) in [5.41, 5.74) is -0.186. The van der Waals surface area contributed by atoms with Crippen LogP contribution in [0.1, 0.15) is 26.2 Å². The number of nitro groups is 1. The van der Waals surface area contributed by atoms with Crippen LogP contribution in [0.2, 0.25) is 5.15 Å². The summed E-state index contributed by atoms with van der Waals surface area (Å²) in [6.45, 7) is 2.85. The molecule has 1 aliphatic heterocycles. The highest BCUT2D eigenvalue weighted by atomic mass is 35.5. The lowest BCUT2D eigenvalue weighted by Crippen LogP contribution is -2.30. The summed E-state index contributed by atoms with van der Waals surface area (Å²) < 4.78 is 0. The molecular weight excluding hydrogens is 244 g/mol. The van der Waals surface area contributed by atoms with Crippen molar-refractivity contribution in [2.75, 3.05) is 11.4 Å². The number of halogens is 1. The fourth-order valence-corrected chi connectivity index (χ4v) is 2.45. The summed E-state index contributed by atoms with van der Waals surface area (Å²) in [5, 5.41) is 10.9. The van der Waals surface area contributed by atoms with Crippen LogP contribution in [-0.4, -0.2) is 27.5 Å². The largest absolute Gasteiger partial charge is 0.348 e. The lowest BCUT2D eigenvalue weighted by atomic mass is 10.2. The summed E-state index contributed by atoms with van der Waals surface area (Å²) >= 11 is 5.77. The van der Waals surface area contributed by atoms with E-state index in [0.29, 0.717) is 11.9 Å². The number of aromatic nitrogens is 2. The van der Waals surface area contributed by atoms with Gasteiger partial charge in [-0.15, -0.1) is 0 Å². The molecule has 1 aromatic rings. The molecule has 2 rings (SSSR count). The fourth-order valence-electron chi connectivity index (χ4n) is 2.25. The van der Waals surface area contributed by atoms with E-state index in [2.05, 4.69) is 16.9 Å². The molecule has 1 aromatic heterocycles. The summed E-state index contributed by atoms with van der Waals surface area (Å²) in [5.74, 6) is 0.347. The van der Waals surface area contributed by atoms with E-state index in [1.165, 1.54) is 6.33 Å². The maximum Gasteiger partial charge on any atom is 0.348 e. The molecule has 6 nitrogen and oxygen atoms in total. The summed E-state index contributed by atoms with van der Waals surface area (Å²) in [6, 6.07) is 0.305. The maximum atomic E-state index is 11.0. The molecular formula is C10H13ClN4O2. The van der Waals surface area contributed by atoms with Gasteiger partial charge in [-0.1, -0.05) is 18.5 Å². The Labute approximate surface area is 104 Å². The number of anilines is 1. The Morgan fingerprint density at radius 2 is 2.41 bits per heavy atom. The van der Waals surface area contributed by atoms with Gasteiger partial charge in [-0.3, -0.25) is 10.1 Å². The zero-order chi connectivity index (χ0) is 12.4. The van der Waals surface area contributed by atoms with Crippen molar-refractivity contribution in [1.82, 2.24) is 9.97 Å².